The second-order valence-electron chi connectivity index (χ2n) is 7.03. The van der Waals surface area contributed by atoms with Crippen molar-refractivity contribution in [2.75, 3.05) is 29.1 Å². The first-order chi connectivity index (χ1) is 14.1. The van der Waals surface area contributed by atoms with E-state index in [1.54, 1.807) is 11.3 Å². The summed E-state index contributed by atoms with van der Waals surface area (Å²) in [5, 5.41) is 4.78. The fourth-order valence-corrected chi connectivity index (χ4v) is 5.46. The van der Waals surface area contributed by atoms with E-state index in [9.17, 15) is 4.79 Å². The van der Waals surface area contributed by atoms with Gasteiger partial charge in [0, 0.05) is 23.2 Å². The number of anilines is 2. The number of hydrogen-bond donors (Lipinski definition) is 1. The van der Waals surface area contributed by atoms with Crippen LogP contribution < -0.4 is 10.2 Å². The first-order valence-electron chi connectivity index (χ1n) is 9.65. The molecule has 3 aromatic rings. The van der Waals surface area contributed by atoms with E-state index < -0.39 is 0 Å². The first-order valence-corrected chi connectivity index (χ1v) is 12.2. The van der Waals surface area contributed by atoms with E-state index in [4.69, 9.17) is 4.98 Å². The molecular weight excluding hydrogens is 470 g/mol. The van der Waals surface area contributed by atoms with Crippen molar-refractivity contribution in [3.8, 4) is 0 Å². The van der Waals surface area contributed by atoms with Crippen molar-refractivity contribution >= 4 is 66.1 Å². The summed E-state index contributed by atoms with van der Waals surface area (Å²) in [5.74, 6) is 0.235. The Balaban J connectivity index is 1.44. The summed E-state index contributed by atoms with van der Waals surface area (Å²) in [6.45, 7) is 4.09. The molecule has 1 fully saturated rings. The Bertz CT molecular complexity index is 1020. The maximum atomic E-state index is 12.4. The lowest BCUT2D eigenvalue weighted by Gasteiger charge is -2.18. The summed E-state index contributed by atoms with van der Waals surface area (Å²) in [7, 11) is 0. The van der Waals surface area contributed by atoms with Gasteiger partial charge in [-0.2, -0.15) is 4.98 Å². The molecule has 2 aromatic heterocycles. The summed E-state index contributed by atoms with van der Waals surface area (Å²) in [5.41, 5.74) is 2.60. The van der Waals surface area contributed by atoms with Gasteiger partial charge in [-0.25, -0.2) is 9.97 Å². The molecule has 1 saturated heterocycles. The summed E-state index contributed by atoms with van der Waals surface area (Å²) in [6.07, 6.45) is 6.52. The molecular formula is C20H22BrN5OS2. The van der Waals surface area contributed by atoms with Crippen molar-refractivity contribution < 1.29 is 4.79 Å². The van der Waals surface area contributed by atoms with Gasteiger partial charge in [0.2, 0.25) is 5.91 Å². The van der Waals surface area contributed by atoms with Crippen molar-refractivity contribution in [3.05, 3.63) is 34.6 Å². The van der Waals surface area contributed by atoms with E-state index in [1.165, 1.54) is 43.8 Å². The molecule has 1 amide bonds. The van der Waals surface area contributed by atoms with Crippen LogP contribution in [0.2, 0.25) is 0 Å². The van der Waals surface area contributed by atoms with Crippen molar-refractivity contribution in [2.24, 2.45) is 0 Å². The van der Waals surface area contributed by atoms with E-state index in [2.05, 4.69) is 36.1 Å². The average molecular weight is 492 g/mol. The molecule has 1 aliphatic rings. The summed E-state index contributed by atoms with van der Waals surface area (Å²) in [4.78, 5) is 28.2. The van der Waals surface area contributed by atoms with Gasteiger partial charge >= 0.3 is 0 Å². The second-order valence-corrected chi connectivity index (χ2v) is 9.83. The number of rotatable bonds is 5. The summed E-state index contributed by atoms with van der Waals surface area (Å²) in [6, 6.07) is 5.78. The highest BCUT2D eigenvalue weighted by Gasteiger charge is 2.18. The number of carbonyl (C=O) groups excluding carboxylic acids is 1. The minimum Gasteiger partial charge on any atom is -0.348 e. The van der Waals surface area contributed by atoms with Crippen molar-refractivity contribution in [1.82, 2.24) is 15.0 Å². The number of thioether (sulfide) groups is 1. The molecule has 3 heterocycles. The van der Waals surface area contributed by atoms with E-state index in [1.807, 2.05) is 25.1 Å². The SMILES string of the molecule is Cc1cc(NC(=O)CSc2ncnc3nc(N4CCCCCC4)sc23)ccc1Br. The highest BCUT2D eigenvalue weighted by atomic mass is 79.9. The van der Waals surface area contributed by atoms with Crippen LogP contribution in [0.4, 0.5) is 10.8 Å². The third kappa shape index (κ3) is 5.07. The first kappa shape index (κ1) is 20.6. The number of halogens is 1. The second kappa shape index (κ2) is 9.40. The Hall–Kier alpha value is -1.71. The van der Waals surface area contributed by atoms with Gasteiger partial charge in [-0.3, -0.25) is 4.79 Å². The monoisotopic (exact) mass is 491 g/mol. The molecule has 0 spiro atoms. The Morgan fingerprint density at radius 3 is 2.79 bits per heavy atom. The van der Waals surface area contributed by atoms with Crippen LogP contribution in [0.1, 0.15) is 31.2 Å². The van der Waals surface area contributed by atoms with Crippen molar-refractivity contribution in [1.29, 1.82) is 0 Å². The molecule has 4 rings (SSSR count). The maximum Gasteiger partial charge on any atom is 0.234 e. The number of nitrogens with one attached hydrogen (secondary N) is 1. The van der Waals surface area contributed by atoms with Gasteiger partial charge in [0.1, 0.15) is 16.1 Å². The Morgan fingerprint density at radius 2 is 2.03 bits per heavy atom. The highest BCUT2D eigenvalue weighted by molar-refractivity contribution is 9.10. The van der Waals surface area contributed by atoms with E-state index >= 15 is 0 Å². The van der Waals surface area contributed by atoms with Crippen molar-refractivity contribution in [3.63, 3.8) is 0 Å². The number of nitrogens with zero attached hydrogens (tertiary/aromatic N) is 4. The molecule has 152 valence electrons. The molecule has 1 aromatic carbocycles. The third-order valence-electron chi connectivity index (χ3n) is 4.81. The average Bonchev–Trinajstić information content (AvgIpc) is 2.96. The van der Waals surface area contributed by atoms with Crippen molar-refractivity contribution in [2.45, 2.75) is 37.6 Å². The van der Waals surface area contributed by atoms with Gasteiger partial charge in [0.05, 0.1) is 5.75 Å². The number of benzene rings is 1. The number of amides is 1. The Labute approximate surface area is 186 Å². The number of carbonyl (C=O) groups is 1. The zero-order valence-corrected chi connectivity index (χ0v) is 19.4. The minimum absolute atomic E-state index is 0.0549. The van der Waals surface area contributed by atoms with Crippen LogP contribution in [0.3, 0.4) is 0 Å². The third-order valence-corrected chi connectivity index (χ3v) is 7.93. The predicted molar refractivity (Wildman–Crippen MR) is 124 cm³/mol. The van der Waals surface area contributed by atoms with Gasteiger partial charge in [-0.15, -0.1) is 0 Å². The molecule has 1 N–H and O–H groups in total. The predicted octanol–water partition coefficient (Wildman–Crippen LogP) is 5.27. The molecule has 1 aliphatic heterocycles. The van der Waals surface area contributed by atoms with Gasteiger partial charge in [0.25, 0.3) is 0 Å². The topological polar surface area (TPSA) is 71.0 Å². The molecule has 0 radical (unpaired) electrons. The normalized spacial score (nSPS) is 14.8. The Kier molecular flexibility index (Phi) is 6.67. The van der Waals surface area contributed by atoms with E-state index in [0.29, 0.717) is 0 Å². The lowest BCUT2D eigenvalue weighted by molar-refractivity contribution is -0.113. The number of aryl methyl sites for hydroxylation is 1. The summed E-state index contributed by atoms with van der Waals surface area (Å²) < 4.78 is 1.99. The van der Waals surface area contributed by atoms with Gasteiger partial charge in [-0.1, -0.05) is 51.9 Å². The van der Waals surface area contributed by atoms with Gasteiger partial charge in [0.15, 0.2) is 10.8 Å². The van der Waals surface area contributed by atoms with E-state index in [-0.39, 0.29) is 11.7 Å². The molecule has 9 heteroatoms. The largest absolute Gasteiger partial charge is 0.348 e. The molecule has 0 bridgehead atoms. The fourth-order valence-electron chi connectivity index (χ4n) is 3.28. The van der Waals surface area contributed by atoms with Gasteiger partial charge in [-0.05, 0) is 43.5 Å². The maximum absolute atomic E-state index is 12.4. The molecule has 0 saturated carbocycles. The molecule has 0 unspecified atom stereocenters. The molecule has 0 aliphatic carbocycles. The zero-order valence-electron chi connectivity index (χ0n) is 16.2. The quantitative estimate of drug-likeness (QED) is 0.387. The number of fused-ring (bicyclic) bond motifs is 1. The lowest BCUT2D eigenvalue weighted by atomic mass is 10.2. The molecule has 29 heavy (non-hydrogen) atoms. The van der Waals surface area contributed by atoms with Crippen LogP contribution in [0.25, 0.3) is 10.3 Å². The number of hydrogen-bond acceptors (Lipinski definition) is 7. The van der Waals surface area contributed by atoms with E-state index in [0.717, 1.165) is 49.3 Å². The van der Waals surface area contributed by atoms with Crippen LogP contribution in [-0.4, -0.2) is 39.7 Å². The van der Waals surface area contributed by atoms with Crippen LogP contribution in [-0.2, 0) is 4.79 Å². The van der Waals surface area contributed by atoms with Crippen LogP contribution in [0.5, 0.6) is 0 Å². The smallest absolute Gasteiger partial charge is 0.234 e. The Morgan fingerprint density at radius 1 is 1.24 bits per heavy atom. The standard InChI is InChI=1S/C20H22BrN5OS2/c1-13-10-14(6-7-15(13)21)24-16(27)11-28-19-17-18(22-12-23-19)25-20(29-17)26-8-4-2-3-5-9-26/h6-7,10,12H,2-5,8-9,11H2,1H3,(H,24,27). The van der Waals surface area contributed by atoms with Crippen LogP contribution >= 0.6 is 39.0 Å². The molecule has 6 nitrogen and oxygen atoms in total. The zero-order chi connectivity index (χ0) is 20.2. The van der Waals surface area contributed by atoms with Gasteiger partial charge < -0.3 is 10.2 Å². The summed E-state index contributed by atoms with van der Waals surface area (Å²) >= 11 is 6.53. The number of thiazole rings is 1. The van der Waals surface area contributed by atoms with Crippen LogP contribution in [0.15, 0.2) is 34.0 Å². The number of aromatic nitrogens is 3. The lowest BCUT2D eigenvalue weighted by Crippen LogP contribution is -2.23. The van der Waals surface area contributed by atoms with Crippen LogP contribution in [0, 0.1) is 6.92 Å². The fraction of sp³-hybridized carbons (Fsp3) is 0.400. The molecule has 0 atom stereocenters. The minimum atomic E-state index is -0.0549. The highest BCUT2D eigenvalue weighted by Crippen LogP contribution is 2.34.